The van der Waals surface area contributed by atoms with E-state index in [1.807, 2.05) is 0 Å². The van der Waals surface area contributed by atoms with Crippen LogP contribution in [0.2, 0.25) is 0 Å². The van der Waals surface area contributed by atoms with Gasteiger partial charge in [-0.3, -0.25) is 14.3 Å². The zero-order valence-electron chi connectivity index (χ0n) is 19.4. The molecular formula is C25H22N2O8S. The third-order valence-corrected chi connectivity index (χ3v) is 6.72. The number of nitrogens with one attached hydrogen (secondary N) is 2. The molecule has 0 fully saturated rings. The van der Waals surface area contributed by atoms with Gasteiger partial charge in [-0.1, -0.05) is 18.2 Å². The molecule has 0 saturated heterocycles. The van der Waals surface area contributed by atoms with Crippen LogP contribution in [0.15, 0.2) is 65.6 Å². The minimum atomic E-state index is -4.06. The highest BCUT2D eigenvalue weighted by molar-refractivity contribution is 7.92. The van der Waals surface area contributed by atoms with Crippen molar-refractivity contribution in [1.82, 2.24) is 0 Å². The van der Waals surface area contributed by atoms with Crippen LogP contribution in [0.1, 0.15) is 26.3 Å². The van der Waals surface area contributed by atoms with Gasteiger partial charge in [0.1, 0.15) is 11.5 Å². The fraction of sp³-hybridized carbons (Fsp3) is 0.160. The van der Waals surface area contributed by atoms with E-state index in [1.165, 1.54) is 43.5 Å². The van der Waals surface area contributed by atoms with E-state index in [9.17, 15) is 22.8 Å². The number of sulfonamides is 1. The maximum absolute atomic E-state index is 12.9. The molecule has 10 nitrogen and oxygen atoms in total. The van der Waals surface area contributed by atoms with Crippen molar-refractivity contribution in [3.05, 3.63) is 77.4 Å². The summed E-state index contributed by atoms with van der Waals surface area (Å²) in [6.07, 6.45) is 0. The van der Waals surface area contributed by atoms with Crippen LogP contribution >= 0.6 is 0 Å². The monoisotopic (exact) mass is 510 g/mol. The quantitative estimate of drug-likeness (QED) is 0.348. The van der Waals surface area contributed by atoms with Crippen LogP contribution in [0.25, 0.3) is 0 Å². The minimum Gasteiger partial charge on any atom is -0.495 e. The zero-order chi connectivity index (χ0) is 25.9. The van der Waals surface area contributed by atoms with Crippen molar-refractivity contribution in [1.29, 1.82) is 0 Å². The van der Waals surface area contributed by atoms with Crippen LogP contribution in [0.5, 0.6) is 11.5 Å². The number of anilines is 2. The normalized spacial score (nSPS) is 12.6. The molecule has 0 saturated carbocycles. The molecule has 186 valence electrons. The number of carbonyl (C=O) groups is 3. The molecule has 0 aliphatic carbocycles. The highest BCUT2D eigenvalue weighted by atomic mass is 32.2. The number of rotatable bonds is 8. The molecule has 0 spiro atoms. The van der Waals surface area contributed by atoms with E-state index in [4.69, 9.17) is 14.2 Å². The first kappa shape index (κ1) is 24.7. The van der Waals surface area contributed by atoms with Crippen LogP contribution < -0.4 is 19.5 Å². The number of para-hydroxylation sites is 2. The molecular weight excluding hydrogens is 488 g/mol. The van der Waals surface area contributed by atoms with Gasteiger partial charge in [0.15, 0.2) is 19.0 Å². The number of amides is 1. The lowest BCUT2D eigenvalue weighted by Gasteiger charge is -2.18. The number of Topliss-reactive ketones (excluding diaryl/α,β-unsaturated/α-hetero) is 1. The summed E-state index contributed by atoms with van der Waals surface area (Å²) in [5, 5.41) is 2.60. The highest BCUT2D eigenvalue weighted by Gasteiger charge is 2.22. The van der Waals surface area contributed by atoms with Crippen molar-refractivity contribution < 1.29 is 37.0 Å². The SMILES string of the molecule is COc1ccccc1NS(=O)(=O)c1ccc(C)c(C(=O)OCC(=O)c2ccc3c(c2)NC(=O)CO3)c1. The molecule has 3 aromatic carbocycles. The Morgan fingerprint density at radius 3 is 2.64 bits per heavy atom. The van der Waals surface area contributed by atoms with E-state index in [0.717, 1.165) is 0 Å². The maximum atomic E-state index is 12.9. The van der Waals surface area contributed by atoms with Gasteiger partial charge in [0.25, 0.3) is 15.9 Å². The number of carbonyl (C=O) groups excluding carboxylic acids is 3. The van der Waals surface area contributed by atoms with Gasteiger partial charge < -0.3 is 19.5 Å². The zero-order valence-corrected chi connectivity index (χ0v) is 20.2. The van der Waals surface area contributed by atoms with Gasteiger partial charge in [0.05, 0.1) is 28.9 Å². The van der Waals surface area contributed by atoms with Gasteiger partial charge in [-0.2, -0.15) is 0 Å². The van der Waals surface area contributed by atoms with E-state index in [0.29, 0.717) is 22.7 Å². The smallest absolute Gasteiger partial charge is 0.338 e. The molecule has 0 aromatic heterocycles. The summed E-state index contributed by atoms with van der Waals surface area (Å²) in [7, 11) is -2.64. The second kappa shape index (κ2) is 10.1. The van der Waals surface area contributed by atoms with Crippen molar-refractivity contribution in [3.63, 3.8) is 0 Å². The van der Waals surface area contributed by atoms with Crippen LogP contribution in [0.4, 0.5) is 11.4 Å². The highest BCUT2D eigenvalue weighted by Crippen LogP contribution is 2.29. The Morgan fingerprint density at radius 2 is 1.86 bits per heavy atom. The number of esters is 1. The molecule has 3 aromatic rings. The molecule has 4 rings (SSSR count). The first-order valence-corrected chi connectivity index (χ1v) is 12.2. The topological polar surface area (TPSA) is 137 Å². The Hall–Kier alpha value is -4.38. The van der Waals surface area contributed by atoms with Gasteiger partial charge in [0, 0.05) is 5.56 Å². The summed E-state index contributed by atoms with van der Waals surface area (Å²) in [4.78, 5) is 36.6. The molecule has 0 radical (unpaired) electrons. The van der Waals surface area contributed by atoms with Crippen LogP contribution in [-0.4, -0.2) is 46.4 Å². The summed E-state index contributed by atoms with van der Waals surface area (Å²) >= 11 is 0. The largest absolute Gasteiger partial charge is 0.495 e. The summed E-state index contributed by atoms with van der Waals surface area (Å²) < 4.78 is 43.9. The average Bonchev–Trinajstić information content (AvgIpc) is 2.86. The Kier molecular flexibility index (Phi) is 6.93. The van der Waals surface area contributed by atoms with Gasteiger partial charge in [0.2, 0.25) is 0 Å². The fourth-order valence-corrected chi connectivity index (χ4v) is 4.57. The minimum absolute atomic E-state index is 0.00296. The number of hydrogen-bond acceptors (Lipinski definition) is 8. The van der Waals surface area contributed by atoms with Gasteiger partial charge in [-0.25, -0.2) is 13.2 Å². The van der Waals surface area contributed by atoms with E-state index in [2.05, 4.69) is 10.0 Å². The van der Waals surface area contributed by atoms with E-state index < -0.39 is 28.4 Å². The summed E-state index contributed by atoms with van der Waals surface area (Å²) in [5.41, 5.74) is 1.26. The fourth-order valence-electron chi connectivity index (χ4n) is 3.47. The Bertz CT molecular complexity index is 1470. The predicted molar refractivity (Wildman–Crippen MR) is 130 cm³/mol. The average molecular weight is 511 g/mol. The molecule has 2 N–H and O–H groups in total. The lowest BCUT2D eigenvalue weighted by atomic mass is 10.1. The van der Waals surface area contributed by atoms with Crippen LogP contribution in [0.3, 0.4) is 0 Å². The second-order valence-electron chi connectivity index (χ2n) is 7.83. The molecule has 0 bridgehead atoms. The Balaban J connectivity index is 1.48. The molecule has 0 atom stereocenters. The standard InChI is InChI=1S/C25H22N2O8S/c1-15-7-9-17(36(31,32)27-19-5-3-4-6-22(19)33-2)12-18(15)25(30)35-13-21(28)16-8-10-23-20(11-16)26-24(29)14-34-23/h3-12,27H,13-14H2,1-2H3,(H,26,29). The van der Waals surface area contributed by atoms with Crippen molar-refractivity contribution in [2.24, 2.45) is 0 Å². The van der Waals surface area contributed by atoms with Gasteiger partial charge in [-0.05, 0) is 55.0 Å². The molecule has 0 unspecified atom stereocenters. The van der Waals surface area contributed by atoms with Gasteiger partial charge in [-0.15, -0.1) is 0 Å². The molecule has 11 heteroatoms. The summed E-state index contributed by atoms with van der Waals surface area (Å²) in [6.45, 7) is 0.928. The molecule has 1 aliphatic rings. The maximum Gasteiger partial charge on any atom is 0.338 e. The van der Waals surface area contributed by atoms with Crippen molar-refractivity contribution >= 4 is 39.1 Å². The molecule has 1 amide bonds. The first-order chi connectivity index (χ1) is 17.2. The van der Waals surface area contributed by atoms with Crippen LogP contribution in [0, 0.1) is 6.92 Å². The van der Waals surface area contributed by atoms with E-state index in [-0.39, 0.29) is 34.2 Å². The number of ether oxygens (including phenoxy) is 3. The van der Waals surface area contributed by atoms with E-state index >= 15 is 0 Å². The number of aryl methyl sites for hydroxylation is 1. The number of benzene rings is 3. The third-order valence-electron chi connectivity index (χ3n) is 5.36. The lowest BCUT2D eigenvalue weighted by Crippen LogP contribution is -2.25. The molecule has 36 heavy (non-hydrogen) atoms. The van der Waals surface area contributed by atoms with Crippen molar-refractivity contribution in [2.75, 3.05) is 30.4 Å². The second-order valence-corrected chi connectivity index (χ2v) is 9.51. The van der Waals surface area contributed by atoms with Gasteiger partial charge >= 0.3 is 5.97 Å². The molecule has 1 aliphatic heterocycles. The first-order valence-electron chi connectivity index (χ1n) is 10.7. The Morgan fingerprint density at radius 1 is 1.08 bits per heavy atom. The van der Waals surface area contributed by atoms with Crippen LogP contribution in [-0.2, 0) is 19.6 Å². The summed E-state index contributed by atoms with van der Waals surface area (Å²) in [6, 6.07) is 15.0. The Labute approximate surface area is 207 Å². The summed E-state index contributed by atoms with van der Waals surface area (Å²) in [5.74, 6) is -0.947. The van der Waals surface area contributed by atoms with Crippen molar-refractivity contribution in [2.45, 2.75) is 11.8 Å². The number of methoxy groups -OCH3 is 1. The molecule has 1 heterocycles. The number of hydrogen-bond donors (Lipinski definition) is 2. The van der Waals surface area contributed by atoms with E-state index in [1.54, 1.807) is 31.2 Å². The number of ketones is 1. The number of fused-ring (bicyclic) bond motifs is 1. The van der Waals surface area contributed by atoms with Crippen molar-refractivity contribution in [3.8, 4) is 11.5 Å². The third kappa shape index (κ3) is 5.31. The lowest BCUT2D eigenvalue weighted by molar-refractivity contribution is -0.118. The predicted octanol–water partition coefficient (Wildman–Crippen LogP) is 3.18.